The second kappa shape index (κ2) is 8.43. The third kappa shape index (κ3) is 5.72. The number of nitrogens with one attached hydrogen (secondary N) is 1. The standard InChI is InChI=1S/C17H15ClF2N2O3/c1-22(10-15(23)21-13-7-5-12(18)6-8-13)16(24)11-3-2-4-14(9-11)25-17(19)20/h2-9,17H,10H2,1H3,(H,21,23). The number of benzene rings is 2. The van der Waals surface area contributed by atoms with Crippen LogP contribution in [0.4, 0.5) is 14.5 Å². The molecule has 0 aliphatic heterocycles. The maximum absolute atomic E-state index is 12.3. The lowest BCUT2D eigenvalue weighted by molar-refractivity contribution is -0.116. The fraction of sp³-hybridized carbons (Fsp3) is 0.176. The second-order valence-corrected chi connectivity index (χ2v) is 5.56. The van der Waals surface area contributed by atoms with Crippen LogP contribution in [-0.2, 0) is 4.79 Å². The molecular weight excluding hydrogens is 354 g/mol. The number of hydrogen-bond acceptors (Lipinski definition) is 3. The van der Waals surface area contributed by atoms with Crippen LogP contribution in [0, 0.1) is 0 Å². The third-order valence-corrected chi connectivity index (χ3v) is 3.41. The number of amides is 2. The molecule has 0 unspecified atom stereocenters. The first kappa shape index (κ1) is 18.7. The molecule has 2 aromatic rings. The van der Waals surface area contributed by atoms with Gasteiger partial charge in [-0.15, -0.1) is 0 Å². The van der Waals surface area contributed by atoms with E-state index in [0.717, 1.165) is 0 Å². The number of anilines is 1. The van der Waals surface area contributed by atoms with Gasteiger partial charge in [0.15, 0.2) is 0 Å². The highest BCUT2D eigenvalue weighted by Crippen LogP contribution is 2.17. The van der Waals surface area contributed by atoms with Gasteiger partial charge in [-0.05, 0) is 42.5 Å². The summed E-state index contributed by atoms with van der Waals surface area (Å²) in [5.41, 5.74) is 0.683. The Hall–Kier alpha value is -2.67. The number of halogens is 3. The molecule has 0 saturated heterocycles. The van der Waals surface area contributed by atoms with Crippen molar-refractivity contribution in [3.8, 4) is 5.75 Å². The normalized spacial score (nSPS) is 10.4. The zero-order valence-electron chi connectivity index (χ0n) is 13.2. The monoisotopic (exact) mass is 368 g/mol. The number of ether oxygens (including phenoxy) is 1. The molecule has 0 fully saturated rings. The first-order valence-electron chi connectivity index (χ1n) is 7.21. The molecule has 0 heterocycles. The molecule has 0 aliphatic carbocycles. The Labute approximate surface area is 148 Å². The molecule has 5 nitrogen and oxygen atoms in total. The van der Waals surface area contributed by atoms with Crippen molar-refractivity contribution in [2.24, 2.45) is 0 Å². The first-order chi connectivity index (χ1) is 11.8. The van der Waals surface area contributed by atoms with Crippen molar-refractivity contribution in [2.45, 2.75) is 6.61 Å². The molecule has 25 heavy (non-hydrogen) atoms. The average molecular weight is 369 g/mol. The van der Waals surface area contributed by atoms with Crippen LogP contribution in [0.25, 0.3) is 0 Å². The summed E-state index contributed by atoms with van der Waals surface area (Å²) in [5, 5.41) is 3.17. The van der Waals surface area contributed by atoms with Crippen molar-refractivity contribution in [2.75, 3.05) is 18.9 Å². The SMILES string of the molecule is CN(CC(=O)Nc1ccc(Cl)cc1)C(=O)c1cccc(OC(F)F)c1. The van der Waals surface area contributed by atoms with Crippen molar-refractivity contribution in [3.63, 3.8) is 0 Å². The molecule has 2 amide bonds. The summed E-state index contributed by atoms with van der Waals surface area (Å²) < 4.78 is 28.7. The van der Waals surface area contributed by atoms with Crippen molar-refractivity contribution in [1.82, 2.24) is 4.90 Å². The van der Waals surface area contributed by atoms with E-state index in [-0.39, 0.29) is 17.9 Å². The van der Waals surface area contributed by atoms with Gasteiger partial charge in [0.2, 0.25) is 5.91 Å². The average Bonchev–Trinajstić information content (AvgIpc) is 2.55. The lowest BCUT2D eigenvalue weighted by Gasteiger charge is -2.17. The minimum atomic E-state index is -2.98. The number of carbonyl (C=O) groups excluding carboxylic acids is 2. The van der Waals surface area contributed by atoms with E-state index in [2.05, 4.69) is 10.1 Å². The molecule has 0 aromatic heterocycles. The van der Waals surface area contributed by atoms with Crippen LogP contribution in [0.5, 0.6) is 5.75 Å². The van der Waals surface area contributed by atoms with E-state index in [1.807, 2.05) is 0 Å². The minimum absolute atomic E-state index is 0.125. The number of carbonyl (C=O) groups is 2. The largest absolute Gasteiger partial charge is 0.435 e. The molecule has 1 N–H and O–H groups in total. The highest BCUT2D eigenvalue weighted by atomic mass is 35.5. The summed E-state index contributed by atoms with van der Waals surface area (Å²) in [5.74, 6) is -1.02. The van der Waals surface area contributed by atoms with E-state index in [1.165, 1.54) is 36.2 Å². The van der Waals surface area contributed by atoms with Gasteiger partial charge in [-0.3, -0.25) is 9.59 Å². The van der Waals surface area contributed by atoms with Crippen LogP contribution in [-0.4, -0.2) is 36.9 Å². The molecule has 0 bridgehead atoms. The van der Waals surface area contributed by atoms with Crippen LogP contribution in [0.15, 0.2) is 48.5 Å². The van der Waals surface area contributed by atoms with E-state index in [1.54, 1.807) is 24.3 Å². The Balaban J connectivity index is 1.97. The number of hydrogen-bond donors (Lipinski definition) is 1. The summed E-state index contributed by atoms with van der Waals surface area (Å²) in [6.07, 6.45) is 0. The summed E-state index contributed by atoms with van der Waals surface area (Å²) in [7, 11) is 1.43. The minimum Gasteiger partial charge on any atom is -0.435 e. The smallest absolute Gasteiger partial charge is 0.387 e. The lowest BCUT2D eigenvalue weighted by atomic mass is 10.2. The van der Waals surface area contributed by atoms with Crippen LogP contribution in [0.2, 0.25) is 5.02 Å². The molecule has 0 radical (unpaired) electrons. The second-order valence-electron chi connectivity index (χ2n) is 5.12. The van der Waals surface area contributed by atoms with Gasteiger partial charge in [0.1, 0.15) is 5.75 Å². The van der Waals surface area contributed by atoms with Crippen LogP contribution < -0.4 is 10.1 Å². The number of rotatable bonds is 6. The van der Waals surface area contributed by atoms with E-state index >= 15 is 0 Å². The highest BCUT2D eigenvalue weighted by molar-refractivity contribution is 6.30. The molecule has 2 aromatic carbocycles. The zero-order valence-corrected chi connectivity index (χ0v) is 14.0. The maximum atomic E-state index is 12.3. The van der Waals surface area contributed by atoms with Crippen LogP contribution in [0.1, 0.15) is 10.4 Å². The van der Waals surface area contributed by atoms with Crippen molar-refractivity contribution >= 4 is 29.1 Å². The van der Waals surface area contributed by atoms with Gasteiger partial charge in [0.05, 0.1) is 6.54 Å². The number of alkyl halides is 2. The van der Waals surface area contributed by atoms with Gasteiger partial charge < -0.3 is 15.0 Å². The topological polar surface area (TPSA) is 58.6 Å². The van der Waals surface area contributed by atoms with Crippen LogP contribution >= 0.6 is 11.6 Å². The zero-order chi connectivity index (χ0) is 18.4. The lowest BCUT2D eigenvalue weighted by Crippen LogP contribution is -2.34. The van der Waals surface area contributed by atoms with Gasteiger partial charge in [0.25, 0.3) is 5.91 Å². The van der Waals surface area contributed by atoms with E-state index in [9.17, 15) is 18.4 Å². The Morgan fingerprint density at radius 1 is 1.20 bits per heavy atom. The van der Waals surface area contributed by atoms with Gasteiger partial charge in [-0.25, -0.2) is 0 Å². The predicted octanol–water partition coefficient (Wildman–Crippen LogP) is 3.65. The van der Waals surface area contributed by atoms with Crippen molar-refractivity contribution in [1.29, 1.82) is 0 Å². The Morgan fingerprint density at radius 3 is 2.52 bits per heavy atom. The van der Waals surface area contributed by atoms with Crippen LogP contribution in [0.3, 0.4) is 0 Å². The molecule has 0 aliphatic rings. The molecule has 0 spiro atoms. The van der Waals surface area contributed by atoms with E-state index < -0.39 is 18.4 Å². The van der Waals surface area contributed by atoms with Gasteiger partial charge in [-0.2, -0.15) is 8.78 Å². The van der Waals surface area contributed by atoms with Gasteiger partial charge in [-0.1, -0.05) is 17.7 Å². The Morgan fingerprint density at radius 2 is 1.88 bits per heavy atom. The number of nitrogens with zero attached hydrogens (tertiary/aromatic N) is 1. The quantitative estimate of drug-likeness (QED) is 0.846. The summed E-state index contributed by atoms with van der Waals surface area (Å²) in [6.45, 7) is -3.19. The molecule has 0 atom stereocenters. The molecule has 8 heteroatoms. The van der Waals surface area contributed by atoms with Gasteiger partial charge >= 0.3 is 6.61 Å². The maximum Gasteiger partial charge on any atom is 0.387 e. The van der Waals surface area contributed by atoms with E-state index in [0.29, 0.717) is 10.7 Å². The van der Waals surface area contributed by atoms with Crippen molar-refractivity contribution < 1.29 is 23.1 Å². The fourth-order valence-electron chi connectivity index (χ4n) is 2.05. The molecule has 132 valence electrons. The Kier molecular flexibility index (Phi) is 6.30. The molecular formula is C17H15ClF2N2O3. The highest BCUT2D eigenvalue weighted by Gasteiger charge is 2.16. The number of likely N-dealkylation sites (N-methyl/N-ethyl adjacent to an activating group) is 1. The summed E-state index contributed by atoms with van der Waals surface area (Å²) >= 11 is 5.76. The molecule has 0 saturated carbocycles. The third-order valence-electron chi connectivity index (χ3n) is 3.16. The van der Waals surface area contributed by atoms with E-state index in [4.69, 9.17) is 11.6 Å². The Bertz CT molecular complexity index is 754. The fourth-order valence-corrected chi connectivity index (χ4v) is 2.17. The van der Waals surface area contributed by atoms with Gasteiger partial charge in [0, 0.05) is 23.3 Å². The summed E-state index contributed by atoms with van der Waals surface area (Å²) in [4.78, 5) is 25.5. The first-order valence-corrected chi connectivity index (χ1v) is 7.58. The predicted molar refractivity (Wildman–Crippen MR) is 90.1 cm³/mol. The molecule has 2 rings (SSSR count). The summed E-state index contributed by atoms with van der Waals surface area (Å²) in [6, 6.07) is 11.9. The van der Waals surface area contributed by atoms with Crippen molar-refractivity contribution in [3.05, 3.63) is 59.1 Å².